The third-order valence-electron chi connectivity index (χ3n) is 3.70. The number of aromatic nitrogens is 1. The number of halogens is 1. The van der Waals surface area contributed by atoms with Gasteiger partial charge in [0, 0.05) is 34.6 Å². The summed E-state index contributed by atoms with van der Waals surface area (Å²) in [6.07, 6.45) is 0.686. The number of aryl methyl sites for hydroxylation is 1. The van der Waals surface area contributed by atoms with Gasteiger partial charge in [0.15, 0.2) is 0 Å². The molecule has 25 heavy (non-hydrogen) atoms. The number of nitrogens with zero attached hydrogens (tertiary/aromatic N) is 1. The highest BCUT2D eigenvalue weighted by molar-refractivity contribution is 7.13. The van der Waals surface area contributed by atoms with E-state index in [1.54, 1.807) is 11.3 Å². The van der Waals surface area contributed by atoms with E-state index < -0.39 is 0 Å². The zero-order valence-electron chi connectivity index (χ0n) is 13.8. The lowest BCUT2D eigenvalue weighted by atomic mass is 10.2. The molecule has 0 saturated carbocycles. The van der Waals surface area contributed by atoms with Crippen molar-refractivity contribution in [3.8, 4) is 10.6 Å². The maximum atomic E-state index is 12.0. The molecule has 1 aromatic heterocycles. The highest BCUT2D eigenvalue weighted by atomic mass is 35.5. The maximum Gasteiger partial charge on any atom is 0.319 e. The minimum atomic E-state index is -0.206. The summed E-state index contributed by atoms with van der Waals surface area (Å²) >= 11 is 7.50. The molecule has 0 aliphatic rings. The monoisotopic (exact) mass is 371 g/mol. The van der Waals surface area contributed by atoms with Gasteiger partial charge >= 0.3 is 6.03 Å². The van der Waals surface area contributed by atoms with Crippen LogP contribution in [0.3, 0.4) is 0 Å². The van der Waals surface area contributed by atoms with Crippen molar-refractivity contribution in [2.24, 2.45) is 0 Å². The Morgan fingerprint density at radius 2 is 1.92 bits per heavy atom. The van der Waals surface area contributed by atoms with Gasteiger partial charge in [-0.05, 0) is 30.7 Å². The molecular formula is C19H18ClN3OS. The smallest absolute Gasteiger partial charge is 0.319 e. The Hall–Kier alpha value is -2.37. The second-order valence-corrected chi connectivity index (χ2v) is 6.89. The number of rotatable bonds is 5. The van der Waals surface area contributed by atoms with Gasteiger partial charge < -0.3 is 10.6 Å². The predicted molar refractivity (Wildman–Crippen MR) is 104 cm³/mol. The number of carbonyl (C=O) groups excluding carboxylic acids is 1. The summed E-state index contributed by atoms with van der Waals surface area (Å²) in [5.74, 6) is 0. The quantitative estimate of drug-likeness (QED) is 0.652. The summed E-state index contributed by atoms with van der Waals surface area (Å²) in [6.45, 7) is 2.49. The maximum absolute atomic E-state index is 12.0. The second kappa shape index (κ2) is 8.14. The molecule has 6 heteroatoms. The number of hydrogen-bond acceptors (Lipinski definition) is 3. The Kier molecular flexibility index (Phi) is 5.68. The molecule has 0 spiro atoms. The average Bonchev–Trinajstić information content (AvgIpc) is 3.06. The second-order valence-electron chi connectivity index (χ2n) is 5.60. The molecule has 2 amide bonds. The summed E-state index contributed by atoms with van der Waals surface area (Å²) < 4.78 is 0. The zero-order chi connectivity index (χ0) is 17.6. The summed E-state index contributed by atoms with van der Waals surface area (Å²) in [5.41, 5.74) is 3.86. The molecule has 4 nitrogen and oxygen atoms in total. The molecule has 1 heterocycles. The minimum Gasteiger partial charge on any atom is -0.337 e. The van der Waals surface area contributed by atoms with E-state index in [2.05, 4.69) is 15.6 Å². The Morgan fingerprint density at radius 1 is 1.16 bits per heavy atom. The molecule has 2 aromatic carbocycles. The van der Waals surface area contributed by atoms with Crippen molar-refractivity contribution in [2.45, 2.75) is 13.3 Å². The van der Waals surface area contributed by atoms with Crippen LogP contribution in [0.1, 0.15) is 11.3 Å². The molecule has 2 N–H and O–H groups in total. The van der Waals surface area contributed by atoms with Gasteiger partial charge in [0.05, 0.1) is 5.69 Å². The Labute approximate surface area is 155 Å². The lowest BCUT2D eigenvalue weighted by molar-refractivity contribution is 0.252. The fraction of sp³-hybridized carbons (Fsp3) is 0.158. The first-order chi connectivity index (χ1) is 12.1. The van der Waals surface area contributed by atoms with Crippen molar-refractivity contribution in [1.29, 1.82) is 0 Å². The van der Waals surface area contributed by atoms with E-state index >= 15 is 0 Å². The van der Waals surface area contributed by atoms with Gasteiger partial charge in [-0.25, -0.2) is 9.78 Å². The number of carbonyl (C=O) groups is 1. The third-order valence-corrected chi connectivity index (χ3v) is 4.90. The molecule has 0 atom stereocenters. The van der Waals surface area contributed by atoms with E-state index in [9.17, 15) is 4.79 Å². The molecule has 0 saturated heterocycles. The van der Waals surface area contributed by atoms with Gasteiger partial charge in [-0.2, -0.15) is 0 Å². The van der Waals surface area contributed by atoms with Gasteiger partial charge in [-0.15, -0.1) is 11.3 Å². The van der Waals surface area contributed by atoms with Crippen LogP contribution < -0.4 is 10.6 Å². The van der Waals surface area contributed by atoms with Crippen molar-refractivity contribution in [1.82, 2.24) is 10.3 Å². The molecule has 3 rings (SSSR count). The van der Waals surface area contributed by atoms with Crippen LogP contribution in [0.4, 0.5) is 10.5 Å². The molecule has 0 bridgehead atoms. The fourth-order valence-corrected chi connectivity index (χ4v) is 3.32. The van der Waals surface area contributed by atoms with E-state index in [4.69, 9.17) is 11.6 Å². The number of nitrogens with one attached hydrogen (secondary N) is 2. The topological polar surface area (TPSA) is 54.0 Å². The van der Waals surface area contributed by atoms with Crippen LogP contribution in [0, 0.1) is 6.92 Å². The van der Waals surface area contributed by atoms with Gasteiger partial charge in [0.2, 0.25) is 0 Å². The number of benzene rings is 2. The zero-order valence-corrected chi connectivity index (χ0v) is 15.3. The van der Waals surface area contributed by atoms with Crippen molar-refractivity contribution < 1.29 is 4.79 Å². The van der Waals surface area contributed by atoms with Crippen molar-refractivity contribution in [3.63, 3.8) is 0 Å². The average molecular weight is 372 g/mol. The van der Waals surface area contributed by atoms with Crippen molar-refractivity contribution >= 4 is 34.7 Å². The van der Waals surface area contributed by atoms with Gasteiger partial charge in [-0.1, -0.05) is 41.9 Å². The summed E-state index contributed by atoms with van der Waals surface area (Å²) in [4.78, 5) is 16.6. The van der Waals surface area contributed by atoms with E-state index in [0.717, 1.165) is 27.5 Å². The highest BCUT2D eigenvalue weighted by Gasteiger charge is 2.07. The Balaban J connectivity index is 1.50. The first-order valence-corrected chi connectivity index (χ1v) is 9.18. The van der Waals surface area contributed by atoms with Crippen LogP contribution in [0.25, 0.3) is 10.6 Å². The number of urea groups is 1. The molecular weight excluding hydrogens is 354 g/mol. The van der Waals surface area contributed by atoms with Gasteiger partial charge in [-0.3, -0.25) is 0 Å². The van der Waals surface area contributed by atoms with E-state index in [1.165, 1.54) is 0 Å². The van der Waals surface area contributed by atoms with E-state index in [-0.39, 0.29) is 6.03 Å². The summed E-state index contributed by atoms with van der Waals surface area (Å²) in [7, 11) is 0. The third kappa shape index (κ3) is 4.81. The normalized spacial score (nSPS) is 10.5. The summed E-state index contributed by atoms with van der Waals surface area (Å²) in [5, 5.41) is 9.40. The summed E-state index contributed by atoms with van der Waals surface area (Å²) in [6, 6.07) is 15.1. The standard InChI is InChI=1S/C19H18ClN3OS/c1-13-4-2-3-5-17(13)23-19(24)21-11-10-16-12-25-18(22-16)14-6-8-15(20)9-7-14/h2-9,12H,10-11H2,1H3,(H2,21,23,24). The number of thiazole rings is 1. The van der Waals surface area contributed by atoms with Crippen LogP contribution in [0.5, 0.6) is 0 Å². The number of para-hydroxylation sites is 1. The number of amides is 2. The van der Waals surface area contributed by atoms with Crippen LogP contribution in [-0.4, -0.2) is 17.6 Å². The van der Waals surface area contributed by atoms with E-state index in [0.29, 0.717) is 18.0 Å². The van der Waals surface area contributed by atoms with E-state index in [1.807, 2.05) is 60.8 Å². The number of hydrogen-bond donors (Lipinski definition) is 2. The predicted octanol–water partition coefficient (Wildman–Crippen LogP) is 5.14. The molecule has 0 aliphatic heterocycles. The first-order valence-electron chi connectivity index (χ1n) is 7.92. The lowest BCUT2D eigenvalue weighted by Crippen LogP contribution is -2.30. The Bertz CT molecular complexity index is 861. The number of anilines is 1. The SMILES string of the molecule is Cc1ccccc1NC(=O)NCCc1csc(-c2ccc(Cl)cc2)n1. The first kappa shape index (κ1) is 17.5. The van der Waals surface area contributed by atoms with Crippen LogP contribution >= 0.6 is 22.9 Å². The lowest BCUT2D eigenvalue weighted by Gasteiger charge is -2.09. The highest BCUT2D eigenvalue weighted by Crippen LogP contribution is 2.25. The Morgan fingerprint density at radius 3 is 2.68 bits per heavy atom. The van der Waals surface area contributed by atoms with Gasteiger partial charge in [0.25, 0.3) is 0 Å². The van der Waals surface area contributed by atoms with Crippen LogP contribution in [0.15, 0.2) is 53.9 Å². The molecule has 0 fully saturated rings. The van der Waals surface area contributed by atoms with Crippen molar-refractivity contribution in [3.05, 3.63) is 70.2 Å². The molecule has 3 aromatic rings. The molecule has 0 unspecified atom stereocenters. The van der Waals surface area contributed by atoms with Crippen LogP contribution in [0.2, 0.25) is 5.02 Å². The van der Waals surface area contributed by atoms with Gasteiger partial charge in [0.1, 0.15) is 5.01 Å². The fourth-order valence-electron chi connectivity index (χ4n) is 2.33. The minimum absolute atomic E-state index is 0.206. The molecule has 128 valence electrons. The van der Waals surface area contributed by atoms with Crippen LogP contribution in [-0.2, 0) is 6.42 Å². The molecule has 0 radical (unpaired) electrons. The largest absolute Gasteiger partial charge is 0.337 e. The molecule has 0 aliphatic carbocycles. The van der Waals surface area contributed by atoms with Crippen molar-refractivity contribution in [2.75, 3.05) is 11.9 Å².